The Morgan fingerprint density at radius 1 is 1.05 bits per heavy atom. The molecule has 0 saturated heterocycles. The Hall–Kier alpha value is -2.14. The van der Waals surface area contributed by atoms with Gasteiger partial charge in [0.1, 0.15) is 0 Å². The number of nitrogens with two attached hydrogens (primary N) is 1. The molecule has 1 aliphatic heterocycles. The summed E-state index contributed by atoms with van der Waals surface area (Å²) in [7, 11) is 0. The van der Waals surface area contributed by atoms with Gasteiger partial charge in [0, 0.05) is 10.2 Å². The Bertz CT molecular complexity index is 758. The lowest BCUT2D eigenvalue weighted by Crippen LogP contribution is -2.32. The summed E-state index contributed by atoms with van der Waals surface area (Å²) in [6, 6.07) is 12.1. The van der Waals surface area contributed by atoms with Gasteiger partial charge >= 0.3 is 0 Å². The molecule has 21 heavy (non-hydrogen) atoms. The molecule has 0 bridgehead atoms. The summed E-state index contributed by atoms with van der Waals surface area (Å²) in [5, 5.41) is 0. The molecule has 0 aliphatic carbocycles. The summed E-state index contributed by atoms with van der Waals surface area (Å²) in [4.78, 5) is 26.3. The molecule has 1 unspecified atom stereocenters. The van der Waals surface area contributed by atoms with Crippen LogP contribution in [0.2, 0.25) is 0 Å². The van der Waals surface area contributed by atoms with Gasteiger partial charge in [-0.25, -0.2) is 0 Å². The molecule has 2 amide bonds. The molecule has 106 valence electrons. The van der Waals surface area contributed by atoms with Crippen molar-refractivity contribution in [2.24, 2.45) is 0 Å². The first-order valence-electron chi connectivity index (χ1n) is 6.53. The van der Waals surface area contributed by atoms with Gasteiger partial charge in [0.2, 0.25) is 0 Å². The van der Waals surface area contributed by atoms with Gasteiger partial charge in [0.25, 0.3) is 11.8 Å². The summed E-state index contributed by atoms with van der Waals surface area (Å²) in [5.74, 6) is -0.637. The van der Waals surface area contributed by atoms with E-state index in [1.165, 1.54) is 4.90 Å². The van der Waals surface area contributed by atoms with Crippen LogP contribution in [0.5, 0.6) is 0 Å². The second kappa shape index (κ2) is 5.00. The van der Waals surface area contributed by atoms with E-state index < -0.39 is 0 Å². The largest absolute Gasteiger partial charge is 0.398 e. The highest BCUT2D eigenvalue weighted by atomic mass is 79.9. The summed E-state index contributed by atoms with van der Waals surface area (Å²) in [5.41, 5.74) is 7.75. The summed E-state index contributed by atoms with van der Waals surface area (Å²) < 4.78 is 0.863. The number of benzene rings is 2. The average Bonchev–Trinajstić information content (AvgIpc) is 2.72. The lowest BCUT2D eigenvalue weighted by atomic mass is 10.1. The van der Waals surface area contributed by atoms with E-state index in [0.29, 0.717) is 16.8 Å². The third kappa shape index (κ3) is 2.05. The van der Waals surface area contributed by atoms with Gasteiger partial charge in [-0.15, -0.1) is 0 Å². The predicted octanol–water partition coefficient (Wildman–Crippen LogP) is 3.39. The van der Waals surface area contributed by atoms with Crippen molar-refractivity contribution < 1.29 is 9.59 Å². The number of amides is 2. The highest BCUT2D eigenvalue weighted by Gasteiger charge is 2.40. The van der Waals surface area contributed by atoms with Gasteiger partial charge in [0.05, 0.1) is 17.2 Å². The molecule has 5 heteroatoms. The second-order valence-electron chi connectivity index (χ2n) is 4.95. The van der Waals surface area contributed by atoms with Crippen molar-refractivity contribution in [2.75, 3.05) is 5.73 Å². The third-order valence-corrected chi connectivity index (χ3v) is 4.44. The third-order valence-electron chi connectivity index (χ3n) is 3.72. The minimum absolute atomic E-state index is 0.300. The quantitative estimate of drug-likeness (QED) is 0.670. The number of hydrogen-bond donors (Lipinski definition) is 1. The zero-order chi connectivity index (χ0) is 15.1. The first kappa shape index (κ1) is 13.8. The first-order chi connectivity index (χ1) is 10.0. The first-order valence-corrected chi connectivity index (χ1v) is 7.32. The van der Waals surface area contributed by atoms with Crippen molar-refractivity contribution in [3.8, 4) is 0 Å². The number of rotatable bonds is 2. The fourth-order valence-corrected chi connectivity index (χ4v) is 3.25. The molecule has 0 spiro atoms. The van der Waals surface area contributed by atoms with E-state index >= 15 is 0 Å². The molecule has 2 N–H and O–H groups in total. The zero-order valence-electron chi connectivity index (χ0n) is 11.3. The number of anilines is 1. The normalized spacial score (nSPS) is 15.2. The van der Waals surface area contributed by atoms with Gasteiger partial charge in [0.15, 0.2) is 0 Å². The molecular formula is C16H13BrN2O2. The fraction of sp³-hybridized carbons (Fsp3) is 0.125. The van der Waals surface area contributed by atoms with Crippen molar-refractivity contribution >= 4 is 33.4 Å². The topological polar surface area (TPSA) is 63.4 Å². The fourth-order valence-electron chi connectivity index (χ4n) is 2.63. The van der Waals surface area contributed by atoms with E-state index in [9.17, 15) is 9.59 Å². The van der Waals surface area contributed by atoms with Crippen LogP contribution in [-0.2, 0) is 0 Å². The van der Waals surface area contributed by atoms with Gasteiger partial charge in [-0.3, -0.25) is 14.5 Å². The molecule has 2 aromatic carbocycles. The Labute approximate surface area is 130 Å². The van der Waals surface area contributed by atoms with E-state index in [-0.39, 0.29) is 17.9 Å². The molecule has 0 fully saturated rings. The number of hydrogen-bond acceptors (Lipinski definition) is 3. The molecule has 3 rings (SSSR count). The van der Waals surface area contributed by atoms with E-state index in [2.05, 4.69) is 15.9 Å². The van der Waals surface area contributed by atoms with Crippen molar-refractivity contribution in [3.05, 3.63) is 63.6 Å². The second-order valence-corrected chi connectivity index (χ2v) is 5.80. The highest BCUT2D eigenvalue weighted by Crippen LogP contribution is 2.35. The number of nitrogen functional groups attached to an aromatic ring is 1. The monoisotopic (exact) mass is 344 g/mol. The van der Waals surface area contributed by atoms with E-state index in [1.807, 2.05) is 31.2 Å². The summed E-state index contributed by atoms with van der Waals surface area (Å²) >= 11 is 3.46. The molecule has 1 heterocycles. The molecule has 0 aromatic heterocycles. The highest BCUT2D eigenvalue weighted by molar-refractivity contribution is 9.10. The van der Waals surface area contributed by atoms with Crippen LogP contribution < -0.4 is 5.73 Å². The van der Waals surface area contributed by atoms with Crippen LogP contribution >= 0.6 is 15.9 Å². The Morgan fingerprint density at radius 2 is 1.76 bits per heavy atom. The zero-order valence-corrected chi connectivity index (χ0v) is 12.9. The number of fused-ring (bicyclic) bond motifs is 1. The SMILES string of the molecule is CC(c1ccccc1Br)N1C(=O)c2cccc(N)c2C1=O. The van der Waals surface area contributed by atoms with Crippen LogP contribution in [0.25, 0.3) is 0 Å². The average molecular weight is 345 g/mol. The molecule has 0 saturated carbocycles. The Kier molecular flexibility index (Phi) is 3.29. The maximum absolute atomic E-state index is 12.6. The number of carbonyl (C=O) groups is 2. The minimum atomic E-state index is -0.368. The van der Waals surface area contributed by atoms with E-state index in [4.69, 9.17) is 5.73 Å². The van der Waals surface area contributed by atoms with Crippen LogP contribution in [0.4, 0.5) is 5.69 Å². The number of halogens is 1. The molecule has 1 atom stereocenters. The summed E-state index contributed by atoms with van der Waals surface area (Å²) in [6.45, 7) is 1.83. The maximum atomic E-state index is 12.6. The smallest absolute Gasteiger partial charge is 0.264 e. The van der Waals surface area contributed by atoms with Crippen LogP contribution in [0.1, 0.15) is 39.2 Å². The molecule has 1 aliphatic rings. The van der Waals surface area contributed by atoms with Gasteiger partial charge in [-0.1, -0.05) is 40.2 Å². The van der Waals surface area contributed by atoms with Crippen LogP contribution in [0.15, 0.2) is 46.9 Å². The lowest BCUT2D eigenvalue weighted by molar-refractivity contribution is 0.0595. The number of nitrogens with zero attached hydrogens (tertiary/aromatic N) is 1. The van der Waals surface area contributed by atoms with Crippen molar-refractivity contribution in [2.45, 2.75) is 13.0 Å². The van der Waals surface area contributed by atoms with E-state index in [1.54, 1.807) is 18.2 Å². The van der Waals surface area contributed by atoms with Gasteiger partial charge in [-0.2, -0.15) is 0 Å². The number of carbonyl (C=O) groups excluding carboxylic acids is 2. The molecule has 0 radical (unpaired) electrons. The van der Waals surface area contributed by atoms with Crippen LogP contribution in [-0.4, -0.2) is 16.7 Å². The van der Waals surface area contributed by atoms with Crippen molar-refractivity contribution in [3.63, 3.8) is 0 Å². The van der Waals surface area contributed by atoms with Crippen LogP contribution in [0.3, 0.4) is 0 Å². The number of imide groups is 1. The molecule has 2 aromatic rings. The van der Waals surface area contributed by atoms with E-state index in [0.717, 1.165) is 10.0 Å². The predicted molar refractivity (Wildman–Crippen MR) is 83.9 cm³/mol. The van der Waals surface area contributed by atoms with Gasteiger partial charge in [-0.05, 0) is 30.7 Å². The summed E-state index contributed by atoms with van der Waals surface area (Å²) in [6.07, 6.45) is 0. The minimum Gasteiger partial charge on any atom is -0.398 e. The molecule has 4 nitrogen and oxygen atoms in total. The Balaban J connectivity index is 2.06. The van der Waals surface area contributed by atoms with Gasteiger partial charge < -0.3 is 5.73 Å². The Morgan fingerprint density at radius 3 is 2.43 bits per heavy atom. The van der Waals surface area contributed by atoms with Crippen molar-refractivity contribution in [1.29, 1.82) is 0 Å². The standard InChI is InChI=1S/C16H13BrN2O2/c1-9(10-5-2-3-7-12(10)17)19-15(20)11-6-4-8-13(18)14(11)16(19)21/h2-9H,18H2,1H3. The molecular weight excluding hydrogens is 332 g/mol. The van der Waals surface area contributed by atoms with Crippen LogP contribution in [0, 0.1) is 0 Å². The maximum Gasteiger partial charge on any atom is 0.264 e. The van der Waals surface area contributed by atoms with Crippen molar-refractivity contribution in [1.82, 2.24) is 4.90 Å². The lowest BCUT2D eigenvalue weighted by Gasteiger charge is -2.23.